The van der Waals surface area contributed by atoms with E-state index in [9.17, 15) is 4.39 Å². The fraction of sp³-hybridized carbons (Fsp3) is 0.200. The average molecular weight is 162 g/mol. The van der Waals surface area contributed by atoms with Crippen molar-refractivity contribution >= 4 is 0 Å². The van der Waals surface area contributed by atoms with Crippen LogP contribution in [0.1, 0.15) is 23.3 Å². The zero-order valence-corrected chi connectivity index (χ0v) is 6.33. The van der Waals surface area contributed by atoms with Crippen LogP contribution in [0.4, 0.5) is 4.39 Å². The van der Waals surface area contributed by atoms with Crippen LogP contribution in [0, 0.1) is 5.82 Å². The molecule has 60 valence electrons. The quantitative estimate of drug-likeness (QED) is 0.532. The molecule has 0 saturated heterocycles. The van der Waals surface area contributed by atoms with Crippen molar-refractivity contribution in [3.63, 3.8) is 0 Å². The number of rotatable bonds is 0. The first kappa shape index (κ1) is 6.38. The van der Waals surface area contributed by atoms with Crippen molar-refractivity contribution in [1.29, 1.82) is 0 Å². The maximum Gasteiger partial charge on any atom is 0.123 e. The molecule has 0 unspecified atom stereocenters. The van der Waals surface area contributed by atoms with Crippen molar-refractivity contribution in [2.24, 2.45) is 0 Å². The number of ether oxygens (including phenoxy) is 1. The van der Waals surface area contributed by atoms with Gasteiger partial charge in [-0.05, 0) is 23.3 Å². The Kier molecular flexibility index (Phi) is 1.04. The molecule has 12 heavy (non-hydrogen) atoms. The van der Waals surface area contributed by atoms with Gasteiger partial charge in [-0.15, -0.1) is 0 Å². The van der Waals surface area contributed by atoms with E-state index in [4.69, 9.17) is 4.74 Å². The second kappa shape index (κ2) is 1.96. The summed E-state index contributed by atoms with van der Waals surface area (Å²) < 4.78 is 18.3. The summed E-state index contributed by atoms with van der Waals surface area (Å²) in [7, 11) is 0. The molecule has 2 heteroatoms. The average Bonchev–Trinajstić information content (AvgIpc) is 2.63. The standard InChI is InChI=1S/C10H7FO/c11-6-1-2-7-8(5-6)10-4-3-9(7)12-10/h1-5,9-10H/t9-,10+/m1/s1. The van der Waals surface area contributed by atoms with Gasteiger partial charge in [0.2, 0.25) is 0 Å². The summed E-state index contributed by atoms with van der Waals surface area (Å²) in [6.07, 6.45) is 4.07. The van der Waals surface area contributed by atoms with Crippen LogP contribution in [-0.2, 0) is 4.74 Å². The molecule has 2 aliphatic rings. The van der Waals surface area contributed by atoms with Crippen LogP contribution in [0.3, 0.4) is 0 Å². The first-order chi connectivity index (χ1) is 5.84. The van der Waals surface area contributed by atoms with Crippen molar-refractivity contribution in [3.8, 4) is 0 Å². The molecule has 1 aromatic carbocycles. The van der Waals surface area contributed by atoms with E-state index in [1.54, 1.807) is 12.1 Å². The van der Waals surface area contributed by atoms with Gasteiger partial charge in [-0.1, -0.05) is 18.2 Å². The second-order valence-electron chi connectivity index (χ2n) is 3.14. The Morgan fingerprint density at radius 1 is 1.08 bits per heavy atom. The molecule has 0 saturated carbocycles. The molecular formula is C10H7FO. The molecular weight excluding hydrogens is 155 g/mol. The van der Waals surface area contributed by atoms with Gasteiger partial charge < -0.3 is 4.74 Å². The van der Waals surface area contributed by atoms with Gasteiger partial charge in [0.1, 0.15) is 18.0 Å². The highest BCUT2D eigenvalue weighted by atomic mass is 19.1. The van der Waals surface area contributed by atoms with Gasteiger partial charge in [0.15, 0.2) is 0 Å². The van der Waals surface area contributed by atoms with Crippen molar-refractivity contribution in [2.45, 2.75) is 12.2 Å². The predicted molar refractivity (Wildman–Crippen MR) is 42.1 cm³/mol. The van der Waals surface area contributed by atoms with E-state index in [0.29, 0.717) is 0 Å². The zero-order chi connectivity index (χ0) is 8.13. The molecule has 0 fully saturated rings. The summed E-state index contributed by atoms with van der Waals surface area (Å²) in [4.78, 5) is 0. The largest absolute Gasteiger partial charge is 0.357 e. The van der Waals surface area contributed by atoms with E-state index in [0.717, 1.165) is 11.1 Å². The van der Waals surface area contributed by atoms with Crippen LogP contribution in [0.5, 0.6) is 0 Å². The molecule has 0 N–H and O–H groups in total. The summed E-state index contributed by atoms with van der Waals surface area (Å²) in [5, 5.41) is 0. The number of halogens is 1. The van der Waals surface area contributed by atoms with Crippen molar-refractivity contribution in [2.75, 3.05) is 0 Å². The molecule has 0 amide bonds. The first-order valence-corrected chi connectivity index (χ1v) is 3.98. The Labute approximate surface area is 69.5 Å². The highest BCUT2D eigenvalue weighted by molar-refractivity contribution is 5.42. The summed E-state index contributed by atoms with van der Waals surface area (Å²) >= 11 is 0. The van der Waals surface area contributed by atoms with E-state index >= 15 is 0 Å². The maximum absolute atomic E-state index is 12.8. The minimum absolute atomic E-state index is 0.000648. The zero-order valence-electron chi connectivity index (χ0n) is 6.33. The lowest BCUT2D eigenvalue weighted by Gasteiger charge is -2.05. The molecule has 2 heterocycles. The Morgan fingerprint density at radius 2 is 1.83 bits per heavy atom. The Balaban J connectivity index is 2.24. The van der Waals surface area contributed by atoms with Crippen molar-refractivity contribution < 1.29 is 9.13 Å². The van der Waals surface area contributed by atoms with Crippen LogP contribution >= 0.6 is 0 Å². The molecule has 0 aromatic heterocycles. The lowest BCUT2D eigenvalue weighted by molar-refractivity contribution is 0.0878. The lowest BCUT2D eigenvalue weighted by atomic mass is 9.97. The molecule has 0 aliphatic carbocycles. The Bertz CT molecular complexity index is 370. The van der Waals surface area contributed by atoms with Crippen molar-refractivity contribution in [1.82, 2.24) is 0 Å². The fourth-order valence-corrected chi connectivity index (χ4v) is 1.86. The third-order valence-corrected chi connectivity index (χ3v) is 2.42. The molecule has 1 aromatic rings. The van der Waals surface area contributed by atoms with Crippen LogP contribution in [0.25, 0.3) is 0 Å². The Morgan fingerprint density at radius 3 is 2.67 bits per heavy atom. The lowest BCUT2D eigenvalue weighted by Crippen LogP contribution is -1.92. The topological polar surface area (TPSA) is 9.23 Å². The minimum atomic E-state index is -0.182. The predicted octanol–water partition coefficient (Wildman–Crippen LogP) is 2.51. The van der Waals surface area contributed by atoms with Crippen LogP contribution in [0.15, 0.2) is 30.4 Å². The van der Waals surface area contributed by atoms with Gasteiger partial charge in [-0.25, -0.2) is 4.39 Å². The summed E-state index contributed by atoms with van der Waals surface area (Å²) in [5.74, 6) is -0.182. The number of hydrogen-bond donors (Lipinski definition) is 0. The third-order valence-electron chi connectivity index (χ3n) is 2.42. The van der Waals surface area contributed by atoms with Gasteiger partial charge in [0, 0.05) is 0 Å². The van der Waals surface area contributed by atoms with Crippen LogP contribution in [-0.4, -0.2) is 0 Å². The minimum Gasteiger partial charge on any atom is -0.357 e. The number of benzene rings is 1. The summed E-state index contributed by atoms with van der Waals surface area (Å²) in [6, 6.07) is 4.85. The number of fused-ring (bicyclic) bond motifs is 5. The molecule has 3 rings (SSSR count). The van der Waals surface area contributed by atoms with E-state index in [2.05, 4.69) is 0 Å². The first-order valence-electron chi connectivity index (χ1n) is 3.98. The van der Waals surface area contributed by atoms with E-state index < -0.39 is 0 Å². The summed E-state index contributed by atoms with van der Waals surface area (Å²) in [5.41, 5.74) is 2.10. The SMILES string of the molecule is Fc1ccc2c(c1)[C@@H]1C=C[C@H]2O1. The van der Waals surface area contributed by atoms with E-state index in [1.807, 2.05) is 12.2 Å². The highest BCUT2D eigenvalue weighted by Crippen LogP contribution is 2.45. The highest BCUT2D eigenvalue weighted by Gasteiger charge is 2.33. The molecule has 2 bridgehead atoms. The van der Waals surface area contributed by atoms with Gasteiger partial charge in [-0.2, -0.15) is 0 Å². The van der Waals surface area contributed by atoms with Gasteiger partial charge in [0.05, 0.1) is 0 Å². The smallest absolute Gasteiger partial charge is 0.123 e. The molecule has 0 radical (unpaired) electrons. The molecule has 2 aliphatic heterocycles. The Hall–Kier alpha value is -1.15. The molecule has 2 atom stereocenters. The van der Waals surface area contributed by atoms with Gasteiger partial charge >= 0.3 is 0 Å². The van der Waals surface area contributed by atoms with Crippen LogP contribution in [0.2, 0.25) is 0 Å². The summed E-state index contributed by atoms with van der Waals surface area (Å²) in [6.45, 7) is 0. The fourth-order valence-electron chi connectivity index (χ4n) is 1.86. The van der Waals surface area contributed by atoms with Gasteiger partial charge in [-0.3, -0.25) is 0 Å². The normalized spacial score (nSPS) is 29.4. The van der Waals surface area contributed by atoms with Crippen molar-refractivity contribution in [3.05, 3.63) is 47.3 Å². The second-order valence-corrected chi connectivity index (χ2v) is 3.14. The molecule has 1 nitrogen and oxygen atoms in total. The monoisotopic (exact) mass is 162 g/mol. The molecule has 0 spiro atoms. The van der Waals surface area contributed by atoms with E-state index in [-0.39, 0.29) is 18.0 Å². The van der Waals surface area contributed by atoms with Gasteiger partial charge in [0.25, 0.3) is 0 Å². The van der Waals surface area contributed by atoms with E-state index in [1.165, 1.54) is 6.07 Å². The number of hydrogen-bond acceptors (Lipinski definition) is 1. The van der Waals surface area contributed by atoms with Crippen LogP contribution < -0.4 is 0 Å². The maximum atomic E-state index is 12.8. The third kappa shape index (κ3) is 0.655.